The molecule has 20 heavy (non-hydrogen) atoms. The fraction of sp³-hybridized carbons (Fsp3) is 0.533. The Hall–Kier alpha value is -1.75. The average molecular weight is 272 g/mol. The van der Waals surface area contributed by atoms with Crippen LogP contribution in [-0.2, 0) is 6.42 Å². The zero-order chi connectivity index (χ0) is 13.8. The largest absolute Gasteiger partial charge is 0.339 e. The lowest BCUT2D eigenvalue weighted by atomic mass is 10.1. The second-order valence-electron chi connectivity index (χ2n) is 5.36. The highest BCUT2D eigenvalue weighted by molar-refractivity contribution is 5.51. The smallest absolute Gasteiger partial charge is 0.228 e. The second-order valence-corrected chi connectivity index (χ2v) is 5.36. The molecular formula is C15H20N4O. The molecule has 5 nitrogen and oxygen atoms in total. The van der Waals surface area contributed by atoms with Crippen molar-refractivity contribution in [1.29, 1.82) is 0 Å². The molecule has 5 heteroatoms. The van der Waals surface area contributed by atoms with E-state index in [1.54, 1.807) is 12.4 Å². The van der Waals surface area contributed by atoms with E-state index in [-0.39, 0.29) is 0 Å². The Morgan fingerprint density at radius 2 is 2.35 bits per heavy atom. The van der Waals surface area contributed by atoms with E-state index < -0.39 is 0 Å². The average Bonchev–Trinajstić information content (AvgIpc) is 3.23. The van der Waals surface area contributed by atoms with Crippen molar-refractivity contribution in [3.8, 4) is 11.4 Å². The summed E-state index contributed by atoms with van der Waals surface area (Å²) in [5.41, 5.74) is 0.895. The van der Waals surface area contributed by atoms with Crippen molar-refractivity contribution in [1.82, 2.24) is 20.4 Å². The van der Waals surface area contributed by atoms with Gasteiger partial charge in [-0.3, -0.25) is 4.98 Å². The summed E-state index contributed by atoms with van der Waals surface area (Å²) in [6.07, 6.45) is 8.08. The fourth-order valence-corrected chi connectivity index (χ4v) is 2.37. The molecule has 0 aromatic carbocycles. The second kappa shape index (κ2) is 6.13. The maximum absolute atomic E-state index is 5.38. The van der Waals surface area contributed by atoms with E-state index in [0.717, 1.165) is 30.9 Å². The normalized spacial score (nSPS) is 16.2. The molecule has 0 spiro atoms. The first-order valence-electron chi connectivity index (χ1n) is 7.33. The summed E-state index contributed by atoms with van der Waals surface area (Å²) in [4.78, 5) is 8.56. The predicted molar refractivity (Wildman–Crippen MR) is 76.0 cm³/mol. The van der Waals surface area contributed by atoms with Crippen molar-refractivity contribution in [3.05, 3.63) is 30.4 Å². The molecule has 0 saturated heterocycles. The Balaban J connectivity index is 1.67. The van der Waals surface area contributed by atoms with E-state index in [1.165, 1.54) is 12.8 Å². The van der Waals surface area contributed by atoms with Crippen molar-refractivity contribution < 1.29 is 4.52 Å². The third kappa shape index (κ3) is 3.22. The van der Waals surface area contributed by atoms with Gasteiger partial charge in [0, 0.05) is 30.4 Å². The van der Waals surface area contributed by atoms with Crippen LogP contribution in [0, 0.1) is 5.92 Å². The van der Waals surface area contributed by atoms with E-state index in [2.05, 4.69) is 27.4 Å². The third-order valence-electron chi connectivity index (χ3n) is 3.63. The van der Waals surface area contributed by atoms with Crippen LogP contribution in [0.2, 0.25) is 0 Å². The predicted octanol–water partition coefficient (Wildman–Crippen LogP) is 2.45. The molecule has 1 atom stereocenters. The minimum atomic E-state index is 0.470. The lowest BCUT2D eigenvalue weighted by Gasteiger charge is -2.15. The van der Waals surface area contributed by atoms with Crippen molar-refractivity contribution in [2.45, 2.75) is 38.6 Å². The van der Waals surface area contributed by atoms with Crippen LogP contribution in [0.15, 0.2) is 29.0 Å². The van der Waals surface area contributed by atoms with Crippen molar-refractivity contribution in [2.24, 2.45) is 5.92 Å². The summed E-state index contributed by atoms with van der Waals surface area (Å²) < 4.78 is 5.38. The highest BCUT2D eigenvalue weighted by Crippen LogP contribution is 2.34. The molecule has 1 fully saturated rings. The zero-order valence-corrected chi connectivity index (χ0v) is 11.7. The molecule has 2 aromatic rings. The topological polar surface area (TPSA) is 63.8 Å². The molecule has 106 valence electrons. The van der Waals surface area contributed by atoms with Crippen LogP contribution in [-0.4, -0.2) is 27.7 Å². The van der Waals surface area contributed by atoms with E-state index >= 15 is 0 Å². The van der Waals surface area contributed by atoms with E-state index in [1.807, 2.05) is 12.1 Å². The molecule has 0 bridgehead atoms. The monoisotopic (exact) mass is 272 g/mol. The van der Waals surface area contributed by atoms with Gasteiger partial charge in [-0.05, 0) is 43.9 Å². The van der Waals surface area contributed by atoms with Crippen LogP contribution in [0.3, 0.4) is 0 Å². The Morgan fingerprint density at radius 1 is 1.45 bits per heavy atom. The Morgan fingerprint density at radius 3 is 3.05 bits per heavy atom. The molecule has 1 N–H and O–H groups in total. The molecule has 1 aliphatic rings. The van der Waals surface area contributed by atoms with Crippen LogP contribution >= 0.6 is 0 Å². The molecule has 3 rings (SSSR count). The van der Waals surface area contributed by atoms with Crippen LogP contribution in [0.1, 0.15) is 32.1 Å². The summed E-state index contributed by atoms with van der Waals surface area (Å²) in [7, 11) is 0. The SMILES string of the molecule is CCCNC(Cc1nc(-c2cccnc2)no1)C1CC1. The van der Waals surface area contributed by atoms with Gasteiger partial charge in [-0.2, -0.15) is 4.98 Å². The Kier molecular flexibility index (Phi) is 4.06. The zero-order valence-electron chi connectivity index (χ0n) is 11.7. The highest BCUT2D eigenvalue weighted by atomic mass is 16.5. The number of rotatable bonds is 7. The first-order valence-corrected chi connectivity index (χ1v) is 7.33. The molecule has 2 aromatic heterocycles. The molecule has 0 aliphatic heterocycles. The van der Waals surface area contributed by atoms with Gasteiger partial charge in [0.15, 0.2) is 0 Å². The van der Waals surface area contributed by atoms with Crippen LogP contribution < -0.4 is 5.32 Å². The van der Waals surface area contributed by atoms with Gasteiger partial charge in [-0.1, -0.05) is 12.1 Å². The van der Waals surface area contributed by atoms with E-state index in [4.69, 9.17) is 4.52 Å². The van der Waals surface area contributed by atoms with Crippen LogP contribution in [0.4, 0.5) is 0 Å². The molecule has 1 saturated carbocycles. The van der Waals surface area contributed by atoms with Crippen LogP contribution in [0.25, 0.3) is 11.4 Å². The maximum atomic E-state index is 5.38. The van der Waals surface area contributed by atoms with Gasteiger partial charge < -0.3 is 9.84 Å². The molecule has 1 aliphatic carbocycles. The van der Waals surface area contributed by atoms with Crippen molar-refractivity contribution in [2.75, 3.05) is 6.54 Å². The van der Waals surface area contributed by atoms with Gasteiger partial charge in [0.05, 0.1) is 0 Å². The standard InChI is InChI=1S/C15H20N4O/c1-2-7-17-13(11-5-6-11)9-14-18-15(19-20-14)12-4-3-8-16-10-12/h3-4,8,10-11,13,17H,2,5-7,9H2,1H3. The summed E-state index contributed by atoms with van der Waals surface area (Å²) in [5, 5.41) is 7.63. The summed E-state index contributed by atoms with van der Waals surface area (Å²) in [6, 6.07) is 4.29. The fourth-order valence-electron chi connectivity index (χ4n) is 2.37. The number of pyridine rings is 1. The van der Waals surface area contributed by atoms with Gasteiger partial charge in [0.1, 0.15) is 0 Å². The summed E-state index contributed by atoms with van der Waals surface area (Å²) in [6.45, 7) is 3.23. The highest BCUT2D eigenvalue weighted by Gasteiger charge is 2.32. The van der Waals surface area contributed by atoms with Gasteiger partial charge in [0.25, 0.3) is 0 Å². The van der Waals surface area contributed by atoms with E-state index in [0.29, 0.717) is 17.8 Å². The van der Waals surface area contributed by atoms with Gasteiger partial charge in [0.2, 0.25) is 11.7 Å². The maximum Gasteiger partial charge on any atom is 0.228 e. The quantitative estimate of drug-likeness (QED) is 0.838. The molecule has 1 unspecified atom stereocenters. The number of hydrogen-bond acceptors (Lipinski definition) is 5. The van der Waals surface area contributed by atoms with Crippen molar-refractivity contribution in [3.63, 3.8) is 0 Å². The first kappa shape index (κ1) is 13.2. The van der Waals surface area contributed by atoms with Gasteiger partial charge >= 0.3 is 0 Å². The Labute approximate surface area is 118 Å². The van der Waals surface area contributed by atoms with Gasteiger partial charge in [-0.15, -0.1) is 0 Å². The summed E-state index contributed by atoms with van der Waals surface area (Å²) >= 11 is 0. The minimum absolute atomic E-state index is 0.470. The molecule has 0 amide bonds. The molecule has 0 radical (unpaired) electrons. The Bertz CT molecular complexity index is 536. The molecular weight excluding hydrogens is 252 g/mol. The minimum Gasteiger partial charge on any atom is -0.339 e. The van der Waals surface area contributed by atoms with Gasteiger partial charge in [-0.25, -0.2) is 0 Å². The lowest BCUT2D eigenvalue weighted by Crippen LogP contribution is -2.33. The van der Waals surface area contributed by atoms with E-state index in [9.17, 15) is 0 Å². The summed E-state index contributed by atoms with van der Waals surface area (Å²) in [5.74, 6) is 2.11. The molecule has 2 heterocycles. The third-order valence-corrected chi connectivity index (χ3v) is 3.63. The number of aromatic nitrogens is 3. The number of nitrogens with one attached hydrogen (secondary N) is 1. The lowest BCUT2D eigenvalue weighted by molar-refractivity contribution is 0.346. The first-order chi connectivity index (χ1) is 9.86. The number of hydrogen-bond donors (Lipinski definition) is 1. The van der Waals surface area contributed by atoms with Crippen LogP contribution in [0.5, 0.6) is 0 Å². The number of nitrogens with zero attached hydrogens (tertiary/aromatic N) is 3. The van der Waals surface area contributed by atoms with Crippen molar-refractivity contribution >= 4 is 0 Å².